The number of carbonyl (C=O) groups is 2. The largest absolute Gasteiger partial charge is 0.508 e. The lowest BCUT2D eigenvalue weighted by Crippen LogP contribution is -2.29. The number of aliphatic hydroxyl groups excluding tert-OH is 1. The van der Waals surface area contributed by atoms with Crippen LogP contribution in [-0.2, 0) is 9.59 Å². The van der Waals surface area contributed by atoms with E-state index in [1.165, 1.54) is 28.4 Å². The first-order chi connectivity index (χ1) is 17.8. The maximum absolute atomic E-state index is 13.5. The molecule has 1 unspecified atom stereocenters. The Kier molecular flexibility index (Phi) is 5.31. The number of fused-ring (bicyclic) bond motifs is 2. The van der Waals surface area contributed by atoms with E-state index in [0.29, 0.717) is 16.3 Å². The van der Waals surface area contributed by atoms with E-state index in [1.807, 2.05) is 56.3 Å². The van der Waals surface area contributed by atoms with Crippen LogP contribution in [0.15, 0.2) is 84.4 Å². The van der Waals surface area contributed by atoms with Crippen molar-refractivity contribution >= 4 is 54.9 Å². The highest BCUT2D eigenvalue weighted by molar-refractivity contribution is 7.22. The van der Waals surface area contributed by atoms with Gasteiger partial charge in [0.1, 0.15) is 11.5 Å². The number of aliphatic hydroxyl groups is 1. The number of nitrogens with zero attached hydrogens (tertiary/aromatic N) is 2. The number of Topliss-reactive ketones (excluding diaryl/α,β-unsaturated/α-hetero) is 1. The van der Waals surface area contributed by atoms with Crippen LogP contribution in [-0.4, -0.2) is 26.9 Å². The first-order valence-electron chi connectivity index (χ1n) is 11.8. The number of hydrogen-bond acceptors (Lipinski definition) is 6. The molecule has 1 fully saturated rings. The summed E-state index contributed by atoms with van der Waals surface area (Å²) in [6.07, 6.45) is 0. The summed E-state index contributed by atoms with van der Waals surface area (Å²) in [6, 6.07) is 22.5. The van der Waals surface area contributed by atoms with Gasteiger partial charge in [-0.05, 0) is 71.6 Å². The quantitative estimate of drug-likeness (QED) is 0.168. The Labute approximate surface area is 216 Å². The van der Waals surface area contributed by atoms with E-state index in [9.17, 15) is 19.8 Å². The van der Waals surface area contributed by atoms with Gasteiger partial charge in [0.15, 0.2) is 5.13 Å². The summed E-state index contributed by atoms with van der Waals surface area (Å²) in [5.41, 5.74) is 3.93. The minimum atomic E-state index is -0.908. The molecule has 37 heavy (non-hydrogen) atoms. The predicted octanol–water partition coefficient (Wildman–Crippen LogP) is 6.40. The summed E-state index contributed by atoms with van der Waals surface area (Å²) in [4.78, 5) is 33.0. The van der Waals surface area contributed by atoms with Gasteiger partial charge in [-0.3, -0.25) is 14.5 Å². The second-order valence-corrected chi connectivity index (χ2v) is 10.2. The maximum Gasteiger partial charge on any atom is 0.301 e. The molecule has 1 atom stereocenters. The lowest BCUT2D eigenvalue weighted by Gasteiger charge is -2.23. The molecule has 0 aliphatic carbocycles. The van der Waals surface area contributed by atoms with Crippen LogP contribution in [0.2, 0.25) is 0 Å². The van der Waals surface area contributed by atoms with E-state index in [4.69, 9.17) is 4.98 Å². The number of aromatic hydroxyl groups is 1. The van der Waals surface area contributed by atoms with Gasteiger partial charge in [0.05, 0.1) is 21.8 Å². The minimum Gasteiger partial charge on any atom is -0.508 e. The topological polar surface area (TPSA) is 90.7 Å². The summed E-state index contributed by atoms with van der Waals surface area (Å²) in [5, 5.41) is 23.6. The molecule has 1 amide bonds. The number of amides is 1. The Bertz CT molecular complexity index is 1730. The highest BCUT2D eigenvalue weighted by Crippen LogP contribution is 2.45. The fourth-order valence-electron chi connectivity index (χ4n) is 4.76. The van der Waals surface area contributed by atoms with Crippen molar-refractivity contribution < 1.29 is 19.8 Å². The minimum absolute atomic E-state index is 0.0161. The number of aromatic nitrogens is 1. The molecule has 0 radical (unpaired) electrons. The molecule has 6 nitrogen and oxygen atoms in total. The molecule has 5 aromatic rings. The summed E-state index contributed by atoms with van der Waals surface area (Å²) in [5.74, 6) is -1.73. The molecular weight excluding hydrogens is 484 g/mol. The number of hydrogen-bond donors (Lipinski definition) is 2. The van der Waals surface area contributed by atoms with E-state index in [-0.39, 0.29) is 17.1 Å². The number of ketones is 1. The van der Waals surface area contributed by atoms with Gasteiger partial charge in [-0.1, -0.05) is 59.9 Å². The van der Waals surface area contributed by atoms with E-state index in [1.54, 1.807) is 24.3 Å². The molecule has 1 saturated heterocycles. The lowest BCUT2D eigenvalue weighted by atomic mass is 9.94. The van der Waals surface area contributed by atoms with Crippen molar-refractivity contribution in [3.05, 3.63) is 107 Å². The zero-order chi connectivity index (χ0) is 25.8. The number of thiazole rings is 1. The highest BCUT2D eigenvalue weighted by Gasteiger charge is 2.48. The third-order valence-electron chi connectivity index (χ3n) is 6.87. The monoisotopic (exact) mass is 506 g/mol. The Morgan fingerprint density at radius 1 is 0.892 bits per heavy atom. The molecule has 0 bridgehead atoms. The van der Waals surface area contributed by atoms with Crippen molar-refractivity contribution in [3.8, 4) is 5.75 Å². The van der Waals surface area contributed by atoms with E-state index < -0.39 is 17.7 Å². The third-order valence-corrected chi connectivity index (χ3v) is 7.89. The summed E-state index contributed by atoms with van der Waals surface area (Å²) >= 11 is 1.32. The van der Waals surface area contributed by atoms with Crippen LogP contribution in [0.4, 0.5) is 5.13 Å². The van der Waals surface area contributed by atoms with Crippen LogP contribution in [0.3, 0.4) is 0 Å². The van der Waals surface area contributed by atoms with Crippen molar-refractivity contribution in [2.45, 2.75) is 19.9 Å². The first kappa shape index (κ1) is 22.9. The SMILES string of the molecule is Cc1cc2nc(N3C(=O)C(=O)/C(=C(/O)c4ccc5ccccc5c4)C3c3ccc(O)cc3)sc2cc1C. The van der Waals surface area contributed by atoms with Crippen molar-refractivity contribution in [2.75, 3.05) is 4.90 Å². The van der Waals surface area contributed by atoms with Gasteiger partial charge in [0, 0.05) is 5.56 Å². The van der Waals surface area contributed by atoms with Gasteiger partial charge in [0.25, 0.3) is 5.78 Å². The lowest BCUT2D eigenvalue weighted by molar-refractivity contribution is -0.132. The third kappa shape index (κ3) is 3.75. The number of carbonyl (C=O) groups excluding carboxylic acids is 2. The smallest absolute Gasteiger partial charge is 0.301 e. The summed E-state index contributed by atoms with van der Waals surface area (Å²) in [7, 11) is 0. The molecule has 0 saturated carbocycles. The predicted molar refractivity (Wildman–Crippen MR) is 146 cm³/mol. The average molecular weight is 507 g/mol. The number of aryl methyl sites for hydroxylation is 2. The van der Waals surface area contributed by atoms with E-state index >= 15 is 0 Å². The van der Waals surface area contributed by atoms with E-state index in [2.05, 4.69) is 0 Å². The van der Waals surface area contributed by atoms with E-state index in [0.717, 1.165) is 32.1 Å². The number of benzene rings is 4. The Hall–Kier alpha value is -4.49. The van der Waals surface area contributed by atoms with Gasteiger partial charge in [-0.2, -0.15) is 0 Å². The van der Waals surface area contributed by atoms with Crippen LogP contribution in [0.1, 0.15) is 28.3 Å². The number of anilines is 1. The van der Waals surface area contributed by atoms with Gasteiger partial charge in [-0.25, -0.2) is 4.98 Å². The van der Waals surface area contributed by atoms with Crippen LogP contribution in [0.5, 0.6) is 5.75 Å². The maximum atomic E-state index is 13.5. The summed E-state index contributed by atoms with van der Waals surface area (Å²) in [6.45, 7) is 4.01. The first-order valence-corrected chi connectivity index (χ1v) is 12.6. The van der Waals surface area contributed by atoms with Crippen molar-refractivity contribution in [1.29, 1.82) is 0 Å². The fourth-order valence-corrected chi connectivity index (χ4v) is 5.84. The Morgan fingerprint density at radius 3 is 2.35 bits per heavy atom. The number of phenols is 1. The van der Waals surface area contributed by atoms with Crippen LogP contribution in [0, 0.1) is 13.8 Å². The van der Waals surface area contributed by atoms with Crippen LogP contribution in [0.25, 0.3) is 26.7 Å². The molecule has 2 heterocycles. The zero-order valence-corrected chi connectivity index (χ0v) is 20.9. The molecule has 1 aliphatic heterocycles. The van der Waals surface area contributed by atoms with Crippen LogP contribution < -0.4 is 4.90 Å². The molecule has 7 heteroatoms. The average Bonchev–Trinajstić information content (AvgIpc) is 3.41. The van der Waals surface area contributed by atoms with Gasteiger partial charge < -0.3 is 10.2 Å². The number of rotatable bonds is 3. The Morgan fingerprint density at radius 2 is 1.59 bits per heavy atom. The molecule has 2 N–H and O–H groups in total. The molecule has 6 rings (SSSR count). The number of phenolic OH excluding ortho intramolecular Hbond substituents is 1. The fraction of sp³-hybridized carbons (Fsp3) is 0.100. The molecule has 0 spiro atoms. The van der Waals surface area contributed by atoms with Gasteiger partial charge >= 0.3 is 5.91 Å². The van der Waals surface area contributed by atoms with Crippen molar-refractivity contribution in [2.24, 2.45) is 0 Å². The molecule has 182 valence electrons. The standard InChI is InChI=1S/C30H22N2O4S/c1-16-13-23-24(14-17(16)2)37-30(31-23)32-26(19-9-11-22(33)12-10-19)25(28(35)29(32)36)27(34)21-8-7-18-5-3-4-6-20(18)15-21/h3-15,26,33-34H,1-2H3/b27-25+. The van der Waals surface area contributed by atoms with Gasteiger partial charge in [0.2, 0.25) is 0 Å². The highest BCUT2D eigenvalue weighted by atomic mass is 32.1. The van der Waals surface area contributed by atoms with Crippen molar-refractivity contribution in [3.63, 3.8) is 0 Å². The summed E-state index contributed by atoms with van der Waals surface area (Å²) < 4.78 is 0.902. The molecular formula is C30H22N2O4S. The van der Waals surface area contributed by atoms with Gasteiger partial charge in [-0.15, -0.1) is 0 Å². The second kappa shape index (κ2) is 8.57. The zero-order valence-electron chi connectivity index (χ0n) is 20.1. The normalized spacial score (nSPS) is 17.2. The van der Waals surface area contributed by atoms with Crippen molar-refractivity contribution in [1.82, 2.24) is 4.98 Å². The Balaban J connectivity index is 1.56. The molecule has 1 aliphatic rings. The van der Waals surface area contributed by atoms with Crippen LogP contribution >= 0.6 is 11.3 Å². The molecule has 1 aromatic heterocycles. The molecule has 4 aromatic carbocycles. The second-order valence-electron chi connectivity index (χ2n) is 9.22.